The average molecular weight is 415 g/mol. The molecule has 156 valence electrons. The first kappa shape index (κ1) is 20.8. The number of nitro groups is 1. The Bertz CT molecular complexity index is 1010. The van der Waals surface area contributed by atoms with Crippen LogP contribution in [0.1, 0.15) is 18.5 Å². The van der Waals surface area contributed by atoms with Crippen molar-refractivity contribution in [1.82, 2.24) is 10.6 Å². The number of carbonyl (C=O) groups is 2. The number of rotatable bonds is 7. The van der Waals surface area contributed by atoms with Crippen molar-refractivity contribution in [2.45, 2.75) is 13.0 Å². The van der Waals surface area contributed by atoms with E-state index in [4.69, 9.17) is 9.47 Å². The van der Waals surface area contributed by atoms with Gasteiger partial charge in [0.25, 0.3) is 0 Å². The normalized spacial score (nSPS) is 15.8. The van der Waals surface area contributed by atoms with Crippen LogP contribution in [0.2, 0.25) is 0 Å². The van der Waals surface area contributed by atoms with Gasteiger partial charge in [0.15, 0.2) is 5.75 Å². The molecular weight excluding hydrogens is 397 g/mol. The Kier molecular flexibility index (Phi) is 6.26. The van der Waals surface area contributed by atoms with Gasteiger partial charge in [0.2, 0.25) is 0 Å². The molecule has 0 saturated carbocycles. The summed E-state index contributed by atoms with van der Waals surface area (Å²) in [7, 11) is 0. The second-order valence-corrected chi connectivity index (χ2v) is 6.21. The second kappa shape index (κ2) is 9.03. The molecule has 1 aliphatic rings. The number of hydrogen-bond donors (Lipinski definition) is 2. The van der Waals surface area contributed by atoms with E-state index in [0.717, 1.165) is 18.2 Å². The van der Waals surface area contributed by atoms with Gasteiger partial charge in [0.1, 0.15) is 12.4 Å². The number of ether oxygens (including phenoxy) is 2. The minimum Gasteiger partial charge on any atom is -0.480 e. The highest BCUT2D eigenvalue weighted by Crippen LogP contribution is 2.30. The Morgan fingerprint density at radius 1 is 1.23 bits per heavy atom. The molecule has 9 nitrogen and oxygen atoms in total. The Labute approximate surface area is 170 Å². The van der Waals surface area contributed by atoms with Gasteiger partial charge >= 0.3 is 17.7 Å². The van der Waals surface area contributed by atoms with Crippen molar-refractivity contribution in [2.75, 3.05) is 13.2 Å². The van der Waals surface area contributed by atoms with Crippen molar-refractivity contribution in [2.24, 2.45) is 0 Å². The average Bonchev–Trinajstić information content (AvgIpc) is 2.72. The third-order valence-electron chi connectivity index (χ3n) is 4.27. The number of nitro benzene ring substituents is 1. The van der Waals surface area contributed by atoms with Crippen LogP contribution in [0.15, 0.2) is 59.8 Å². The third-order valence-corrected chi connectivity index (χ3v) is 4.27. The van der Waals surface area contributed by atoms with Crippen molar-refractivity contribution < 1.29 is 28.4 Å². The van der Waals surface area contributed by atoms with Crippen LogP contribution in [0, 0.1) is 15.9 Å². The number of nitrogens with one attached hydrogen (secondary N) is 2. The number of halogens is 1. The lowest BCUT2D eigenvalue weighted by atomic mass is 9.95. The van der Waals surface area contributed by atoms with Crippen LogP contribution in [0.4, 0.5) is 14.9 Å². The maximum atomic E-state index is 13.6. The first-order chi connectivity index (χ1) is 14.4. The van der Waals surface area contributed by atoms with Gasteiger partial charge in [-0.2, -0.15) is 0 Å². The molecule has 2 aromatic rings. The monoisotopic (exact) mass is 415 g/mol. The molecule has 2 aromatic carbocycles. The molecule has 0 radical (unpaired) electrons. The Morgan fingerprint density at radius 2 is 1.97 bits per heavy atom. The number of nitrogens with zero attached hydrogens (tertiary/aromatic N) is 1. The highest BCUT2D eigenvalue weighted by Gasteiger charge is 2.34. The summed E-state index contributed by atoms with van der Waals surface area (Å²) in [4.78, 5) is 35.3. The highest BCUT2D eigenvalue weighted by atomic mass is 19.1. The Balaban J connectivity index is 2.00. The molecule has 0 aliphatic carbocycles. The van der Waals surface area contributed by atoms with Gasteiger partial charge in [0, 0.05) is 12.1 Å². The number of urea groups is 1. The van der Waals surface area contributed by atoms with Crippen molar-refractivity contribution in [3.63, 3.8) is 0 Å². The second-order valence-electron chi connectivity index (χ2n) is 6.21. The van der Waals surface area contributed by atoms with Crippen LogP contribution in [-0.2, 0) is 9.53 Å². The van der Waals surface area contributed by atoms with E-state index < -0.39 is 41.1 Å². The molecule has 30 heavy (non-hydrogen) atoms. The smallest absolute Gasteiger partial charge is 0.338 e. The van der Waals surface area contributed by atoms with Crippen LogP contribution in [0.25, 0.3) is 0 Å². The molecular formula is C20H18FN3O6. The largest absolute Gasteiger partial charge is 0.480 e. The molecule has 10 heteroatoms. The number of hydrogen-bond acceptors (Lipinski definition) is 6. The Morgan fingerprint density at radius 3 is 2.63 bits per heavy atom. The van der Waals surface area contributed by atoms with Crippen LogP contribution >= 0.6 is 0 Å². The summed E-state index contributed by atoms with van der Waals surface area (Å²) in [5.41, 5.74) is 0.325. The standard InChI is InChI=1S/C20H18FN3O6/c1-2-29-19(25)17-14(11-30-16-10-13(21)8-9-15(16)24(27)28)22-20(26)23-18(17)12-6-4-3-5-7-12/h3-10,18H,2,11H2,1H3,(H2,22,23,26)/t18-/m1/s1. The topological polar surface area (TPSA) is 120 Å². The summed E-state index contributed by atoms with van der Waals surface area (Å²) in [6, 6.07) is 10.1. The summed E-state index contributed by atoms with van der Waals surface area (Å²) in [6.45, 7) is 1.31. The molecule has 3 rings (SSSR count). The number of amides is 2. The van der Waals surface area contributed by atoms with Crippen molar-refractivity contribution in [3.8, 4) is 5.75 Å². The van der Waals surface area contributed by atoms with Crippen LogP contribution in [0.3, 0.4) is 0 Å². The highest BCUT2D eigenvalue weighted by molar-refractivity contribution is 5.95. The number of esters is 1. The van der Waals surface area contributed by atoms with Gasteiger partial charge in [0.05, 0.1) is 28.8 Å². The van der Waals surface area contributed by atoms with Crippen LogP contribution in [-0.4, -0.2) is 30.1 Å². The van der Waals surface area contributed by atoms with Gasteiger partial charge in [-0.15, -0.1) is 0 Å². The van der Waals surface area contributed by atoms with Gasteiger partial charge in [-0.3, -0.25) is 10.1 Å². The van der Waals surface area contributed by atoms with E-state index in [1.807, 2.05) is 0 Å². The fraction of sp³-hybridized carbons (Fsp3) is 0.200. The summed E-state index contributed by atoms with van der Waals surface area (Å²) in [5.74, 6) is -1.75. The lowest BCUT2D eigenvalue weighted by Gasteiger charge is -2.29. The zero-order chi connectivity index (χ0) is 21.7. The van der Waals surface area contributed by atoms with Gasteiger partial charge < -0.3 is 20.1 Å². The van der Waals surface area contributed by atoms with E-state index in [2.05, 4.69) is 10.6 Å². The van der Waals surface area contributed by atoms with Gasteiger partial charge in [-0.25, -0.2) is 14.0 Å². The van der Waals surface area contributed by atoms with Gasteiger partial charge in [-0.1, -0.05) is 30.3 Å². The maximum absolute atomic E-state index is 13.6. The first-order valence-electron chi connectivity index (χ1n) is 9.00. The minimum atomic E-state index is -0.819. The summed E-state index contributed by atoms with van der Waals surface area (Å²) >= 11 is 0. The van der Waals surface area contributed by atoms with E-state index in [1.54, 1.807) is 37.3 Å². The van der Waals surface area contributed by atoms with Crippen molar-refractivity contribution >= 4 is 17.7 Å². The molecule has 1 aliphatic heterocycles. The summed E-state index contributed by atoms with van der Waals surface area (Å²) in [5, 5.41) is 16.3. The van der Waals surface area contributed by atoms with E-state index in [0.29, 0.717) is 5.56 Å². The number of benzene rings is 2. The Hall–Kier alpha value is -3.95. The molecule has 0 saturated heterocycles. The fourth-order valence-corrected chi connectivity index (χ4v) is 2.98. The zero-order valence-corrected chi connectivity index (χ0v) is 15.9. The van der Waals surface area contributed by atoms with Crippen LogP contribution < -0.4 is 15.4 Å². The molecule has 0 aromatic heterocycles. The van der Waals surface area contributed by atoms with Crippen molar-refractivity contribution in [1.29, 1.82) is 0 Å². The molecule has 0 spiro atoms. The quantitative estimate of drug-likeness (QED) is 0.408. The molecule has 0 fully saturated rings. The van der Waals surface area contributed by atoms with Gasteiger partial charge in [-0.05, 0) is 18.6 Å². The molecule has 2 amide bonds. The lowest BCUT2D eigenvalue weighted by Crippen LogP contribution is -2.47. The molecule has 1 heterocycles. The maximum Gasteiger partial charge on any atom is 0.338 e. The van der Waals surface area contributed by atoms with Crippen molar-refractivity contribution in [3.05, 3.63) is 81.3 Å². The zero-order valence-electron chi connectivity index (χ0n) is 15.9. The van der Waals surface area contributed by atoms with E-state index in [-0.39, 0.29) is 23.6 Å². The minimum absolute atomic E-state index is 0.0598. The lowest BCUT2D eigenvalue weighted by molar-refractivity contribution is -0.385. The summed E-state index contributed by atoms with van der Waals surface area (Å²) in [6.07, 6.45) is 0. The van der Waals surface area contributed by atoms with E-state index >= 15 is 0 Å². The molecule has 0 bridgehead atoms. The SMILES string of the molecule is CCOC(=O)C1=C(COc2cc(F)ccc2[N+](=O)[O-])NC(=O)N[C@@H]1c1ccccc1. The fourth-order valence-electron chi connectivity index (χ4n) is 2.98. The molecule has 1 atom stereocenters. The molecule has 2 N–H and O–H groups in total. The third kappa shape index (κ3) is 4.54. The van der Waals surface area contributed by atoms with Crippen LogP contribution in [0.5, 0.6) is 5.75 Å². The summed E-state index contributed by atoms with van der Waals surface area (Å²) < 4.78 is 24.1. The molecule has 0 unspecified atom stereocenters. The number of carbonyl (C=O) groups excluding carboxylic acids is 2. The predicted molar refractivity (Wildman–Crippen MR) is 103 cm³/mol. The van der Waals surface area contributed by atoms with E-state index in [1.165, 1.54) is 0 Å². The predicted octanol–water partition coefficient (Wildman–Crippen LogP) is 2.98. The van der Waals surface area contributed by atoms with E-state index in [9.17, 15) is 24.1 Å². The first-order valence-corrected chi connectivity index (χ1v) is 9.00.